The van der Waals surface area contributed by atoms with Gasteiger partial charge in [-0.3, -0.25) is 0 Å². The Labute approximate surface area is 285 Å². The number of hydrogen-bond donors (Lipinski definition) is 0. The molecule has 7 aliphatic rings. The SMILES string of the molecule is CC1CC2CC3CC(C23)C12C1=C(CCC=C1)c1cc3c4c(c12)-n1c2ccccc2c2cccc(c21)B4c1cccc2c4ccccc4n-3c12. The fourth-order valence-corrected chi connectivity index (χ4v) is 13.7. The maximum atomic E-state index is 2.80. The lowest BCUT2D eigenvalue weighted by atomic mass is 9.32. The van der Waals surface area contributed by atoms with Crippen LogP contribution in [-0.4, -0.2) is 15.8 Å². The van der Waals surface area contributed by atoms with E-state index in [4.69, 9.17) is 0 Å². The summed E-state index contributed by atoms with van der Waals surface area (Å²) in [5.41, 5.74) is 19.7. The summed E-state index contributed by atoms with van der Waals surface area (Å²) in [6.07, 6.45) is 11.7. The minimum Gasteiger partial charge on any atom is -0.310 e. The number of para-hydroxylation sites is 4. The van der Waals surface area contributed by atoms with E-state index in [1.807, 2.05) is 0 Å². The highest BCUT2D eigenvalue weighted by molar-refractivity contribution is 7.00. The molecule has 5 aromatic carbocycles. The van der Waals surface area contributed by atoms with Gasteiger partial charge in [-0.1, -0.05) is 91.9 Å². The molecule has 0 amide bonds. The third-order valence-electron chi connectivity index (χ3n) is 15.2. The molecular formula is C46H35BN2. The molecule has 1 spiro atoms. The first-order valence-electron chi connectivity index (χ1n) is 18.9. The van der Waals surface area contributed by atoms with Gasteiger partial charge < -0.3 is 9.13 Å². The van der Waals surface area contributed by atoms with Crippen molar-refractivity contribution >= 4 is 72.3 Å². The van der Waals surface area contributed by atoms with Crippen molar-refractivity contribution in [3.8, 4) is 11.4 Å². The van der Waals surface area contributed by atoms with E-state index in [-0.39, 0.29) is 12.1 Å². The van der Waals surface area contributed by atoms with Gasteiger partial charge in [-0.2, -0.15) is 0 Å². The third-order valence-corrected chi connectivity index (χ3v) is 15.2. The Hall–Kier alpha value is -4.76. The van der Waals surface area contributed by atoms with Crippen LogP contribution in [0.4, 0.5) is 0 Å². The van der Waals surface area contributed by atoms with Crippen LogP contribution in [0.5, 0.6) is 0 Å². The monoisotopic (exact) mass is 626 g/mol. The first kappa shape index (κ1) is 25.2. The molecule has 49 heavy (non-hydrogen) atoms. The van der Waals surface area contributed by atoms with Gasteiger partial charge in [-0.15, -0.1) is 0 Å². The molecule has 7 aromatic rings. The number of rotatable bonds is 0. The van der Waals surface area contributed by atoms with Crippen molar-refractivity contribution in [3.63, 3.8) is 0 Å². The predicted molar refractivity (Wildman–Crippen MR) is 204 cm³/mol. The average Bonchev–Trinajstić information content (AvgIpc) is 3.75. The molecule has 2 aliphatic heterocycles. The normalized spacial score (nSPS) is 29.0. The second kappa shape index (κ2) is 8.00. The summed E-state index contributed by atoms with van der Waals surface area (Å²) >= 11 is 0. The highest BCUT2D eigenvalue weighted by atomic mass is 15.0. The molecule has 3 heteroatoms. The van der Waals surface area contributed by atoms with Crippen LogP contribution >= 0.6 is 0 Å². The molecule has 6 unspecified atom stereocenters. The van der Waals surface area contributed by atoms with Crippen LogP contribution in [0.15, 0.2) is 109 Å². The van der Waals surface area contributed by atoms with E-state index < -0.39 is 0 Å². The zero-order chi connectivity index (χ0) is 31.5. The zero-order valence-corrected chi connectivity index (χ0v) is 27.7. The van der Waals surface area contributed by atoms with Gasteiger partial charge in [0.25, 0.3) is 6.71 Å². The minimum atomic E-state index is 0.0869. The van der Waals surface area contributed by atoms with Crippen molar-refractivity contribution in [3.05, 3.63) is 120 Å². The lowest BCUT2D eigenvalue weighted by Gasteiger charge is -2.70. The Balaban J connectivity index is 1.25. The molecule has 0 bridgehead atoms. The maximum Gasteiger partial charge on any atom is 0.252 e. The molecular weight excluding hydrogens is 591 g/mol. The summed E-state index contributed by atoms with van der Waals surface area (Å²) in [6.45, 7) is 2.86. The molecule has 0 radical (unpaired) electrons. The van der Waals surface area contributed by atoms with E-state index in [1.54, 1.807) is 33.4 Å². The summed E-state index contributed by atoms with van der Waals surface area (Å²) in [4.78, 5) is 0. The average molecular weight is 627 g/mol. The number of allylic oxidation sites excluding steroid dienone is 4. The summed E-state index contributed by atoms with van der Waals surface area (Å²) in [7, 11) is 0. The standard InChI is InChI=1S/C46H35BN2/c1-24-20-25-21-26-22-34(40(25)26)46(24)33-15-5-2-10-27(33)32-23-39-42-45(41(32)46)49-38-19-7-4-12-29(38)31-14-9-17-36(44(31)49)47(42)35-16-8-13-30-28-11-3-6-18-37(28)48(39)43(30)35/h3-9,11-19,23-26,34,40H,2,10,20-22H2,1H3. The molecule has 2 nitrogen and oxygen atoms in total. The van der Waals surface area contributed by atoms with Gasteiger partial charge in [0.05, 0.1) is 11.0 Å². The number of nitrogens with zero attached hydrogens (tertiary/aromatic N) is 2. The van der Waals surface area contributed by atoms with E-state index in [0.29, 0.717) is 5.92 Å². The largest absolute Gasteiger partial charge is 0.310 e. The second-order valence-corrected chi connectivity index (χ2v) is 16.7. The molecule has 2 aromatic heterocycles. The zero-order valence-electron chi connectivity index (χ0n) is 27.7. The molecule has 3 saturated carbocycles. The molecule has 232 valence electrons. The van der Waals surface area contributed by atoms with Crippen molar-refractivity contribution in [2.24, 2.45) is 29.6 Å². The summed E-state index contributed by atoms with van der Waals surface area (Å²) in [6, 6.07) is 35.5. The highest BCUT2D eigenvalue weighted by Gasteiger charge is 2.69. The van der Waals surface area contributed by atoms with E-state index in [2.05, 4.69) is 119 Å². The topological polar surface area (TPSA) is 9.86 Å². The van der Waals surface area contributed by atoms with Gasteiger partial charge in [0.15, 0.2) is 0 Å². The van der Waals surface area contributed by atoms with E-state index >= 15 is 0 Å². The highest BCUT2D eigenvalue weighted by Crippen LogP contribution is 2.75. The number of fused-ring (bicyclic) bond motifs is 16. The summed E-state index contributed by atoms with van der Waals surface area (Å²) < 4.78 is 5.48. The van der Waals surface area contributed by atoms with Gasteiger partial charge in [0.1, 0.15) is 0 Å². The molecule has 6 atom stereocenters. The van der Waals surface area contributed by atoms with Gasteiger partial charge in [0, 0.05) is 49.4 Å². The van der Waals surface area contributed by atoms with Crippen LogP contribution in [0.2, 0.25) is 0 Å². The Kier molecular flexibility index (Phi) is 4.12. The van der Waals surface area contributed by atoms with Gasteiger partial charge in [-0.25, -0.2) is 0 Å². The molecule has 0 N–H and O–H groups in total. The Morgan fingerprint density at radius 3 is 2.14 bits per heavy atom. The van der Waals surface area contributed by atoms with E-state index in [0.717, 1.165) is 36.5 Å². The first-order chi connectivity index (χ1) is 24.2. The first-order valence-corrected chi connectivity index (χ1v) is 18.9. The fourth-order valence-electron chi connectivity index (χ4n) is 13.7. The lowest BCUT2D eigenvalue weighted by Crippen LogP contribution is -2.66. The van der Waals surface area contributed by atoms with Crippen LogP contribution in [0, 0.1) is 29.6 Å². The number of benzene rings is 5. The van der Waals surface area contributed by atoms with Crippen molar-refractivity contribution < 1.29 is 0 Å². The van der Waals surface area contributed by atoms with E-state index in [1.165, 1.54) is 79.5 Å². The molecule has 0 saturated heterocycles. The maximum absolute atomic E-state index is 2.80. The molecule has 5 aliphatic carbocycles. The van der Waals surface area contributed by atoms with Crippen LogP contribution in [0.3, 0.4) is 0 Å². The van der Waals surface area contributed by atoms with Crippen LogP contribution in [0.1, 0.15) is 50.2 Å². The van der Waals surface area contributed by atoms with Gasteiger partial charge in [-0.05, 0) is 119 Å². The quantitative estimate of drug-likeness (QED) is 0.149. The molecule has 4 heterocycles. The molecule has 3 fully saturated rings. The van der Waals surface area contributed by atoms with Crippen LogP contribution in [0.25, 0.3) is 60.6 Å². The van der Waals surface area contributed by atoms with Crippen molar-refractivity contribution in [1.29, 1.82) is 0 Å². The Morgan fingerprint density at radius 1 is 0.714 bits per heavy atom. The van der Waals surface area contributed by atoms with E-state index in [9.17, 15) is 0 Å². The van der Waals surface area contributed by atoms with Gasteiger partial charge in [0.2, 0.25) is 0 Å². The predicted octanol–water partition coefficient (Wildman–Crippen LogP) is 8.69. The lowest BCUT2D eigenvalue weighted by molar-refractivity contribution is -0.168. The summed E-state index contributed by atoms with van der Waals surface area (Å²) in [5, 5.41) is 5.54. The Bertz CT molecular complexity index is 2820. The minimum absolute atomic E-state index is 0.0869. The van der Waals surface area contributed by atoms with Gasteiger partial charge >= 0.3 is 0 Å². The van der Waals surface area contributed by atoms with Crippen molar-refractivity contribution in [2.75, 3.05) is 0 Å². The smallest absolute Gasteiger partial charge is 0.252 e. The van der Waals surface area contributed by atoms with Crippen molar-refractivity contribution in [1.82, 2.24) is 9.13 Å². The number of aromatic nitrogens is 2. The third kappa shape index (κ3) is 2.48. The fraction of sp³-hybridized carbons (Fsp3) is 0.261. The number of hydrogen-bond acceptors (Lipinski definition) is 0. The van der Waals surface area contributed by atoms with Crippen LogP contribution < -0.4 is 16.4 Å². The van der Waals surface area contributed by atoms with Crippen molar-refractivity contribution in [2.45, 2.75) is 44.4 Å². The van der Waals surface area contributed by atoms with Crippen LogP contribution in [-0.2, 0) is 5.41 Å². The molecule has 14 rings (SSSR count). The Morgan fingerprint density at radius 2 is 1.39 bits per heavy atom. The second-order valence-electron chi connectivity index (χ2n) is 16.7. The summed E-state index contributed by atoms with van der Waals surface area (Å²) in [5.74, 6) is 4.21.